The van der Waals surface area contributed by atoms with Crippen LogP contribution >= 0.6 is 11.6 Å². The minimum Gasteiger partial charge on any atom is -0.324 e. The molecule has 0 fully saturated rings. The van der Waals surface area contributed by atoms with Gasteiger partial charge in [-0.15, -0.1) is 10.2 Å². The summed E-state index contributed by atoms with van der Waals surface area (Å²) in [7, 11) is -3.65. The van der Waals surface area contributed by atoms with Crippen LogP contribution in [0.3, 0.4) is 0 Å². The molecule has 1 aromatic heterocycles. The zero-order valence-corrected chi connectivity index (χ0v) is 19.4. The molecule has 0 unspecified atom stereocenters. The second kappa shape index (κ2) is 10.7. The fraction of sp³-hybridized carbons (Fsp3) is 0.333. The highest BCUT2D eigenvalue weighted by molar-refractivity contribution is 7.89. The number of aromatic nitrogens is 4. The van der Waals surface area contributed by atoms with E-state index in [0.717, 1.165) is 18.4 Å². The van der Waals surface area contributed by atoms with Gasteiger partial charge in [0, 0.05) is 22.8 Å². The fourth-order valence-corrected chi connectivity index (χ4v) is 4.20. The Bertz CT molecular complexity index is 1160. The van der Waals surface area contributed by atoms with Gasteiger partial charge in [0.25, 0.3) is 5.91 Å². The van der Waals surface area contributed by atoms with Crippen LogP contribution in [0.25, 0.3) is 11.4 Å². The van der Waals surface area contributed by atoms with E-state index in [1.165, 1.54) is 16.9 Å². The van der Waals surface area contributed by atoms with Crippen LogP contribution in [0.15, 0.2) is 53.4 Å². The maximum absolute atomic E-state index is 12.9. The first-order valence-corrected chi connectivity index (χ1v) is 12.2. The third kappa shape index (κ3) is 5.90. The molecule has 0 spiro atoms. The van der Waals surface area contributed by atoms with Gasteiger partial charge in [-0.1, -0.05) is 37.9 Å². The number of anilines is 1. The Morgan fingerprint density at radius 1 is 1.16 bits per heavy atom. The summed E-state index contributed by atoms with van der Waals surface area (Å²) in [5.41, 5.74) is 1.09. The highest BCUT2D eigenvalue weighted by atomic mass is 35.5. The molecule has 11 heteroatoms. The summed E-state index contributed by atoms with van der Waals surface area (Å²) in [6.07, 6.45) is 2.04. The van der Waals surface area contributed by atoms with E-state index in [1.807, 2.05) is 13.8 Å². The molecule has 1 heterocycles. The molecule has 1 amide bonds. The number of halogens is 1. The Morgan fingerprint density at radius 3 is 2.59 bits per heavy atom. The van der Waals surface area contributed by atoms with Gasteiger partial charge in [-0.25, -0.2) is 13.1 Å². The summed E-state index contributed by atoms with van der Waals surface area (Å²) >= 11 is 5.91. The second-order valence-corrected chi connectivity index (χ2v) is 9.34. The van der Waals surface area contributed by atoms with Crippen LogP contribution in [-0.4, -0.2) is 41.1 Å². The summed E-state index contributed by atoms with van der Waals surface area (Å²) in [5, 5.41) is 15.7. The quantitative estimate of drug-likeness (QED) is 0.431. The van der Waals surface area contributed by atoms with Gasteiger partial charge in [-0.05, 0) is 60.5 Å². The molecule has 0 aliphatic heterocycles. The van der Waals surface area contributed by atoms with E-state index in [9.17, 15) is 13.2 Å². The van der Waals surface area contributed by atoms with E-state index in [1.54, 1.807) is 36.4 Å². The number of tetrazole rings is 1. The number of nitrogens with zero attached hydrogens (tertiary/aromatic N) is 4. The number of carbonyl (C=O) groups is 1. The number of benzene rings is 2. The Morgan fingerprint density at radius 2 is 1.91 bits per heavy atom. The van der Waals surface area contributed by atoms with E-state index in [2.05, 4.69) is 25.4 Å². The fourth-order valence-electron chi connectivity index (χ4n) is 2.96. The molecular weight excluding hydrogens is 452 g/mol. The molecule has 2 N–H and O–H groups in total. The molecule has 1 atom stereocenters. The molecule has 3 rings (SSSR count). The summed E-state index contributed by atoms with van der Waals surface area (Å²) in [4.78, 5) is 14.2. The number of hydrogen-bond donors (Lipinski definition) is 2. The van der Waals surface area contributed by atoms with Gasteiger partial charge in [0.1, 0.15) is 0 Å². The zero-order chi connectivity index (χ0) is 23.1. The molecule has 32 heavy (non-hydrogen) atoms. The lowest BCUT2D eigenvalue weighted by Crippen LogP contribution is -2.28. The van der Waals surface area contributed by atoms with Crippen molar-refractivity contribution in [2.45, 2.75) is 44.0 Å². The Labute approximate surface area is 192 Å². The van der Waals surface area contributed by atoms with Crippen molar-refractivity contribution in [1.82, 2.24) is 24.9 Å². The maximum atomic E-state index is 12.9. The van der Waals surface area contributed by atoms with Crippen molar-refractivity contribution in [3.05, 3.63) is 53.6 Å². The van der Waals surface area contributed by atoms with E-state index >= 15 is 0 Å². The lowest BCUT2D eigenvalue weighted by Gasteiger charge is -2.14. The monoisotopic (exact) mass is 476 g/mol. The van der Waals surface area contributed by atoms with Crippen LogP contribution in [0.4, 0.5) is 5.69 Å². The van der Waals surface area contributed by atoms with Crippen LogP contribution in [0, 0.1) is 0 Å². The lowest BCUT2D eigenvalue weighted by atomic mass is 10.2. The summed E-state index contributed by atoms with van der Waals surface area (Å²) in [6, 6.07) is 12.4. The number of amides is 1. The van der Waals surface area contributed by atoms with E-state index in [-0.39, 0.29) is 10.8 Å². The predicted molar refractivity (Wildman–Crippen MR) is 123 cm³/mol. The van der Waals surface area contributed by atoms with Crippen molar-refractivity contribution >= 4 is 33.2 Å². The first-order chi connectivity index (χ1) is 15.3. The van der Waals surface area contributed by atoms with Gasteiger partial charge in [0.15, 0.2) is 6.04 Å². The molecule has 0 saturated heterocycles. The summed E-state index contributed by atoms with van der Waals surface area (Å²) < 4.78 is 27.5. The minimum atomic E-state index is -3.65. The highest BCUT2D eigenvalue weighted by Crippen LogP contribution is 2.20. The number of carbonyl (C=O) groups excluding carboxylic acids is 1. The molecule has 170 valence electrons. The maximum Gasteiger partial charge on any atom is 0.251 e. The number of rotatable bonds is 10. The van der Waals surface area contributed by atoms with Gasteiger partial charge in [0.05, 0.1) is 4.90 Å². The van der Waals surface area contributed by atoms with Crippen LogP contribution in [0.2, 0.25) is 5.02 Å². The number of unbranched alkanes of at least 4 members (excludes halogenated alkanes) is 1. The Balaban J connectivity index is 1.74. The third-order valence-corrected chi connectivity index (χ3v) is 6.44. The largest absolute Gasteiger partial charge is 0.324 e. The average molecular weight is 477 g/mol. The molecular formula is C21H25ClN6O3S. The minimum absolute atomic E-state index is 0.0864. The van der Waals surface area contributed by atoms with Crippen molar-refractivity contribution < 1.29 is 13.2 Å². The summed E-state index contributed by atoms with van der Waals surface area (Å²) in [6.45, 7) is 4.17. The average Bonchev–Trinajstić information content (AvgIpc) is 3.25. The molecule has 0 saturated carbocycles. The zero-order valence-electron chi connectivity index (χ0n) is 17.8. The first kappa shape index (κ1) is 23.8. The van der Waals surface area contributed by atoms with Crippen molar-refractivity contribution in [2.75, 3.05) is 11.9 Å². The van der Waals surface area contributed by atoms with Crippen LogP contribution < -0.4 is 10.0 Å². The smallest absolute Gasteiger partial charge is 0.251 e. The normalized spacial score (nSPS) is 12.5. The Kier molecular flexibility index (Phi) is 7.94. The highest BCUT2D eigenvalue weighted by Gasteiger charge is 2.23. The molecule has 3 aromatic rings. The van der Waals surface area contributed by atoms with Gasteiger partial charge in [-0.2, -0.15) is 4.80 Å². The van der Waals surface area contributed by atoms with E-state index in [0.29, 0.717) is 29.5 Å². The predicted octanol–water partition coefficient (Wildman–Crippen LogP) is 3.66. The molecule has 0 bridgehead atoms. The third-order valence-electron chi connectivity index (χ3n) is 4.73. The van der Waals surface area contributed by atoms with Crippen molar-refractivity contribution in [3.63, 3.8) is 0 Å². The molecule has 0 aliphatic carbocycles. The number of hydrogen-bond acceptors (Lipinski definition) is 6. The number of sulfonamides is 1. The summed E-state index contributed by atoms with van der Waals surface area (Å²) in [5.74, 6) is 0.000192. The van der Waals surface area contributed by atoms with Gasteiger partial charge >= 0.3 is 0 Å². The van der Waals surface area contributed by atoms with Gasteiger partial charge < -0.3 is 5.32 Å². The molecule has 9 nitrogen and oxygen atoms in total. The van der Waals surface area contributed by atoms with E-state index < -0.39 is 16.1 Å². The van der Waals surface area contributed by atoms with Crippen LogP contribution in [0.1, 0.15) is 39.2 Å². The van der Waals surface area contributed by atoms with Crippen LogP contribution in [0.5, 0.6) is 0 Å². The Hall–Kier alpha value is -2.82. The molecule has 0 aliphatic rings. The van der Waals surface area contributed by atoms with Gasteiger partial charge in [0.2, 0.25) is 15.8 Å². The van der Waals surface area contributed by atoms with E-state index in [4.69, 9.17) is 11.6 Å². The second-order valence-electron chi connectivity index (χ2n) is 7.13. The topological polar surface area (TPSA) is 119 Å². The number of nitrogens with one attached hydrogen (secondary N) is 2. The van der Waals surface area contributed by atoms with Crippen molar-refractivity contribution in [1.29, 1.82) is 0 Å². The van der Waals surface area contributed by atoms with Crippen molar-refractivity contribution in [3.8, 4) is 11.4 Å². The molecule has 0 radical (unpaired) electrons. The van der Waals surface area contributed by atoms with Gasteiger partial charge in [-0.3, -0.25) is 4.79 Å². The van der Waals surface area contributed by atoms with Crippen molar-refractivity contribution in [2.24, 2.45) is 0 Å². The molecule has 2 aromatic carbocycles. The first-order valence-electron chi connectivity index (χ1n) is 10.3. The standard InChI is InChI=1S/C21H25ClN6O3S/c1-3-5-13-23-32(30,31)18-8-6-7-17(14-18)24-21(29)19(4-2)28-26-20(25-27-28)15-9-11-16(22)12-10-15/h6-12,14,19,23H,3-5,13H2,1-2H3,(H,24,29)/t19-/m1/s1. The SMILES string of the molecule is CCCCNS(=O)(=O)c1cccc(NC(=O)[C@@H](CC)n2nnc(-c3ccc(Cl)cc3)n2)c1. The lowest BCUT2D eigenvalue weighted by molar-refractivity contribution is -0.120. The van der Waals surface area contributed by atoms with Crippen LogP contribution in [-0.2, 0) is 14.8 Å².